The molecule has 0 fully saturated rings. The Bertz CT molecular complexity index is 1540. The molecule has 3 rings (SSSR count). The lowest BCUT2D eigenvalue weighted by Gasteiger charge is -2.32. The number of carbonyl (C=O) groups excluding carboxylic acids is 2. The number of hydrogen-bond donors (Lipinski definition) is 7. The zero-order valence-corrected chi connectivity index (χ0v) is 26.5. The van der Waals surface area contributed by atoms with Crippen molar-refractivity contribution in [1.82, 2.24) is 0 Å². The zero-order chi connectivity index (χ0) is 33.1. The van der Waals surface area contributed by atoms with Gasteiger partial charge in [0.25, 0.3) is 0 Å². The van der Waals surface area contributed by atoms with E-state index in [2.05, 4.69) is 6.08 Å². The number of phenols is 3. The number of carbonyl (C=O) groups is 2. The van der Waals surface area contributed by atoms with E-state index in [-0.39, 0.29) is 46.2 Å². The summed E-state index contributed by atoms with van der Waals surface area (Å²) in [5, 5.41) is 73.2. The number of aliphatic hydroxyl groups excluding tert-OH is 2. The maximum Gasteiger partial charge on any atom is 0.207 e. The summed E-state index contributed by atoms with van der Waals surface area (Å²) < 4.78 is 0. The Morgan fingerprint density at radius 2 is 1.45 bits per heavy atom. The highest BCUT2D eigenvalue weighted by Gasteiger charge is 2.51. The van der Waals surface area contributed by atoms with Gasteiger partial charge in [-0.25, -0.2) is 0 Å². The minimum atomic E-state index is -2.53. The van der Waals surface area contributed by atoms with Crippen molar-refractivity contribution in [3.05, 3.63) is 63.3 Å². The molecule has 1 aliphatic rings. The number of hydrogen-bond acceptors (Lipinski definition) is 9. The van der Waals surface area contributed by atoms with Crippen LogP contribution in [-0.2, 0) is 0 Å². The molecule has 0 radical (unpaired) electrons. The van der Waals surface area contributed by atoms with Crippen LogP contribution in [0.1, 0.15) is 104 Å². The number of allylic oxidation sites excluding steroid dienone is 4. The van der Waals surface area contributed by atoms with Gasteiger partial charge in [-0.2, -0.15) is 0 Å². The SMILES string of the molecule is CC(=CCCC(C)=CC[C@]1(O)C(=O)c2c(O)cc(C)c3c(O)c(C)c(O)c(c23)C1=O)CCC=C(CO)CC[C@@H](O)C(C)(C)O. The molecule has 0 unspecified atom stereocenters. The van der Waals surface area contributed by atoms with Crippen LogP contribution in [0.2, 0.25) is 0 Å². The van der Waals surface area contributed by atoms with Crippen molar-refractivity contribution in [3.8, 4) is 17.2 Å². The van der Waals surface area contributed by atoms with E-state index in [4.69, 9.17) is 0 Å². The molecule has 0 aromatic heterocycles. The van der Waals surface area contributed by atoms with E-state index >= 15 is 0 Å². The number of aryl methyl sites for hydroxylation is 1. The molecular weight excluding hydrogens is 564 g/mol. The van der Waals surface area contributed by atoms with Gasteiger partial charge in [-0.15, -0.1) is 0 Å². The summed E-state index contributed by atoms with van der Waals surface area (Å²) in [4.78, 5) is 27.1. The highest BCUT2D eigenvalue weighted by atomic mass is 16.3. The van der Waals surface area contributed by atoms with Crippen molar-refractivity contribution < 1.29 is 45.3 Å². The van der Waals surface area contributed by atoms with Crippen LogP contribution in [0.25, 0.3) is 10.8 Å². The fourth-order valence-corrected chi connectivity index (χ4v) is 5.61. The van der Waals surface area contributed by atoms with E-state index in [1.807, 2.05) is 19.9 Å². The van der Waals surface area contributed by atoms with Crippen LogP contribution >= 0.6 is 0 Å². The van der Waals surface area contributed by atoms with Gasteiger partial charge < -0.3 is 35.7 Å². The molecule has 0 heterocycles. The second kappa shape index (κ2) is 13.6. The Morgan fingerprint density at radius 3 is 2.05 bits per heavy atom. The van der Waals surface area contributed by atoms with Crippen molar-refractivity contribution in [3.63, 3.8) is 0 Å². The predicted octanol–water partition coefficient (Wildman–Crippen LogP) is 5.36. The number of ketones is 2. The molecule has 44 heavy (non-hydrogen) atoms. The molecule has 2 aromatic rings. The van der Waals surface area contributed by atoms with E-state index in [1.165, 1.54) is 13.0 Å². The molecule has 9 heteroatoms. The Kier molecular flexibility index (Phi) is 10.9. The number of aliphatic hydroxyl groups is 4. The van der Waals surface area contributed by atoms with Crippen LogP contribution < -0.4 is 0 Å². The smallest absolute Gasteiger partial charge is 0.207 e. The lowest BCUT2D eigenvalue weighted by Crippen LogP contribution is -2.49. The minimum Gasteiger partial charge on any atom is -0.507 e. The number of benzene rings is 2. The first-order valence-corrected chi connectivity index (χ1v) is 15.0. The second-order valence-electron chi connectivity index (χ2n) is 12.7. The molecule has 0 amide bonds. The summed E-state index contributed by atoms with van der Waals surface area (Å²) in [6.07, 6.45) is 8.07. The molecule has 1 aliphatic carbocycles. The van der Waals surface area contributed by atoms with Crippen LogP contribution in [-0.4, -0.2) is 71.2 Å². The molecule has 7 N–H and O–H groups in total. The summed E-state index contributed by atoms with van der Waals surface area (Å²) >= 11 is 0. The zero-order valence-electron chi connectivity index (χ0n) is 26.5. The summed E-state index contributed by atoms with van der Waals surface area (Å²) in [7, 11) is 0. The summed E-state index contributed by atoms with van der Waals surface area (Å²) in [6, 6.07) is 1.30. The van der Waals surface area contributed by atoms with Crippen molar-refractivity contribution in [2.75, 3.05) is 6.61 Å². The molecule has 2 aromatic carbocycles. The Balaban J connectivity index is 1.68. The van der Waals surface area contributed by atoms with Gasteiger partial charge in [-0.3, -0.25) is 9.59 Å². The fourth-order valence-electron chi connectivity index (χ4n) is 5.61. The van der Waals surface area contributed by atoms with Crippen molar-refractivity contribution in [2.24, 2.45) is 0 Å². The Morgan fingerprint density at radius 1 is 0.886 bits per heavy atom. The van der Waals surface area contributed by atoms with Crippen LogP contribution in [0, 0.1) is 13.8 Å². The average Bonchev–Trinajstić information content (AvgIpc) is 2.94. The molecule has 0 spiro atoms. The van der Waals surface area contributed by atoms with Crippen LogP contribution in [0.3, 0.4) is 0 Å². The highest BCUT2D eigenvalue weighted by molar-refractivity contribution is 6.36. The largest absolute Gasteiger partial charge is 0.507 e. The first-order chi connectivity index (χ1) is 20.4. The quantitative estimate of drug-likeness (QED) is 0.116. The van der Waals surface area contributed by atoms with Gasteiger partial charge in [0.1, 0.15) is 17.2 Å². The lowest BCUT2D eigenvalue weighted by atomic mass is 9.73. The third kappa shape index (κ3) is 7.07. The van der Waals surface area contributed by atoms with E-state index in [1.54, 1.807) is 26.8 Å². The van der Waals surface area contributed by atoms with E-state index in [0.29, 0.717) is 37.7 Å². The molecule has 0 aliphatic heterocycles. The highest BCUT2D eigenvalue weighted by Crippen LogP contribution is 2.49. The van der Waals surface area contributed by atoms with Crippen LogP contribution in [0.4, 0.5) is 0 Å². The third-order valence-corrected chi connectivity index (χ3v) is 8.65. The first-order valence-electron chi connectivity index (χ1n) is 15.0. The van der Waals surface area contributed by atoms with Crippen molar-refractivity contribution >= 4 is 22.3 Å². The van der Waals surface area contributed by atoms with Gasteiger partial charge in [0, 0.05) is 22.8 Å². The fraction of sp³-hybridized carbons (Fsp3) is 0.486. The summed E-state index contributed by atoms with van der Waals surface area (Å²) in [5.74, 6) is -3.23. The minimum absolute atomic E-state index is 0.0405. The monoisotopic (exact) mass is 610 g/mol. The van der Waals surface area contributed by atoms with Gasteiger partial charge >= 0.3 is 0 Å². The maximum atomic E-state index is 13.6. The van der Waals surface area contributed by atoms with Crippen molar-refractivity contribution in [1.29, 1.82) is 0 Å². The first kappa shape index (κ1) is 35.0. The molecule has 0 saturated carbocycles. The maximum absolute atomic E-state index is 13.6. The number of aromatic hydroxyl groups is 3. The van der Waals surface area contributed by atoms with Gasteiger partial charge in [0.05, 0.1) is 29.4 Å². The lowest BCUT2D eigenvalue weighted by molar-refractivity contribution is -0.0511. The Labute approximate surface area is 258 Å². The van der Waals surface area contributed by atoms with E-state index in [0.717, 1.165) is 23.1 Å². The van der Waals surface area contributed by atoms with Crippen molar-refractivity contribution in [2.45, 2.75) is 104 Å². The van der Waals surface area contributed by atoms with Crippen LogP contribution in [0.5, 0.6) is 17.2 Å². The van der Waals surface area contributed by atoms with Gasteiger partial charge in [0.2, 0.25) is 11.6 Å². The molecule has 0 saturated heterocycles. The summed E-state index contributed by atoms with van der Waals surface area (Å²) in [6.45, 7) is 9.86. The van der Waals surface area contributed by atoms with Gasteiger partial charge in [-0.1, -0.05) is 29.4 Å². The molecule has 0 bridgehead atoms. The molecule has 2 atom stereocenters. The number of rotatable bonds is 13. The number of phenolic OH excluding ortho intramolecular Hbond substituents is 3. The molecule has 9 nitrogen and oxygen atoms in total. The predicted molar refractivity (Wildman–Crippen MR) is 169 cm³/mol. The van der Waals surface area contributed by atoms with E-state index < -0.39 is 40.4 Å². The summed E-state index contributed by atoms with van der Waals surface area (Å²) in [5.41, 5.74) is -1.06. The Hall–Kier alpha value is -3.50. The number of Topliss-reactive ketones (excluding diaryl/α,β-unsaturated/α-hetero) is 2. The van der Waals surface area contributed by atoms with Crippen LogP contribution in [0.15, 0.2) is 41.0 Å². The second-order valence-corrected chi connectivity index (χ2v) is 12.7. The standard InChI is InChI=1S/C35H46O9/c1-19(11-8-12-23(18-36)13-14-25(38)34(5,6)43)9-7-10-20(2)15-16-35(44)32(41)27-24(37)17-21(3)26-28(27)29(33(35)42)31(40)22(4)30(26)39/h9,12,15,17,25,36-40,43-44H,7-8,10-11,13-14,16,18H2,1-6H3/t25-,35+/m1/s1. The van der Waals surface area contributed by atoms with E-state index in [9.17, 15) is 45.3 Å². The molecule has 240 valence electrons. The van der Waals surface area contributed by atoms with Gasteiger partial charge in [-0.05, 0) is 97.3 Å². The molecular formula is C35H46O9. The average molecular weight is 611 g/mol. The third-order valence-electron chi connectivity index (χ3n) is 8.65. The topological polar surface area (TPSA) is 176 Å². The van der Waals surface area contributed by atoms with Gasteiger partial charge in [0.15, 0.2) is 5.60 Å². The normalized spacial score (nSPS) is 18.8.